The molecule has 0 bridgehead atoms. The Kier molecular flexibility index (Phi) is 6.34. The lowest BCUT2D eigenvalue weighted by molar-refractivity contribution is 0.125. The maximum Gasteiger partial charge on any atom is 0.124 e. The normalized spacial score (nSPS) is 11.0. The zero-order valence-electron chi connectivity index (χ0n) is 14.5. The lowest BCUT2D eigenvalue weighted by atomic mass is 10.2. The van der Waals surface area contributed by atoms with E-state index in [0.717, 1.165) is 39.3 Å². The number of hydrogen-bond acceptors (Lipinski definition) is 4. The first-order valence-corrected chi connectivity index (χ1v) is 10.0. The summed E-state index contributed by atoms with van der Waals surface area (Å²) in [5.74, 6) is 0. The number of pyridine rings is 1. The third-order valence-electron chi connectivity index (χ3n) is 4.00. The van der Waals surface area contributed by atoms with E-state index in [2.05, 4.69) is 65.1 Å². The van der Waals surface area contributed by atoms with Gasteiger partial charge in [-0.15, -0.1) is 11.3 Å². The zero-order chi connectivity index (χ0) is 17.6. The standard InChI is InChI=1S/C20H21BrN2OS/c1-3-18-12-16(8-10-22-18)20-23-14(2)19(25-20)13-24-11-9-15-4-6-17(21)7-5-15/h4-8,10,12H,3,9,11,13H2,1-2H3. The summed E-state index contributed by atoms with van der Waals surface area (Å²) in [5.41, 5.74) is 4.58. The summed E-state index contributed by atoms with van der Waals surface area (Å²) in [4.78, 5) is 10.3. The van der Waals surface area contributed by atoms with Gasteiger partial charge in [-0.05, 0) is 49.6 Å². The molecule has 1 aromatic carbocycles. The monoisotopic (exact) mass is 416 g/mol. The smallest absolute Gasteiger partial charge is 0.124 e. The number of thiazole rings is 1. The molecule has 0 saturated carbocycles. The Morgan fingerprint density at radius 2 is 1.96 bits per heavy atom. The van der Waals surface area contributed by atoms with Gasteiger partial charge in [-0.3, -0.25) is 4.98 Å². The largest absolute Gasteiger partial charge is 0.376 e. The van der Waals surface area contributed by atoms with Crippen LogP contribution < -0.4 is 0 Å². The molecule has 0 unspecified atom stereocenters. The molecule has 5 heteroatoms. The van der Waals surface area contributed by atoms with E-state index in [1.54, 1.807) is 11.3 Å². The maximum absolute atomic E-state index is 5.88. The van der Waals surface area contributed by atoms with Gasteiger partial charge in [-0.25, -0.2) is 4.98 Å². The number of aryl methyl sites for hydroxylation is 2. The van der Waals surface area contributed by atoms with E-state index >= 15 is 0 Å². The van der Waals surface area contributed by atoms with E-state index in [9.17, 15) is 0 Å². The molecule has 0 N–H and O–H groups in total. The molecule has 2 heterocycles. The van der Waals surface area contributed by atoms with Gasteiger partial charge in [0.15, 0.2) is 0 Å². The van der Waals surface area contributed by atoms with Gasteiger partial charge < -0.3 is 4.74 Å². The molecule has 0 aliphatic carbocycles. The number of aromatic nitrogens is 2. The number of nitrogens with zero attached hydrogens (tertiary/aromatic N) is 2. The minimum atomic E-state index is 0.617. The van der Waals surface area contributed by atoms with Crippen molar-refractivity contribution in [2.75, 3.05) is 6.61 Å². The van der Waals surface area contributed by atoms with E-state index in [1.807, 2.05) is 12.3 Å². The Balaban J connectivity index is 1.58. The quantitative estimate of drug-likeness (QED) is 0.470. The number of halogens is 1. The zero-order valence-corrected chi connectivity index (χ0v) is 16.9. The highest BCUT2D eigenvalue weighted by Gasteiger charge is 2.10. The first-order chi connectivity index (χ1) is 12.2. The number of ether oxygens (including phenoxy) is 1. The van der Waals surface area contributed by atoms with Crippen LogP contribution in [0.2, 0.25) is 0 Å². The van der Waals surface area contributed by atoms with Crippen LogP contribution in [-0.2, 0) is 24.2 Å². The van der Waals surface area contributed by atoms with Crippen LogP contribution in [-0.4, -0.2) is 16.6 Å². The average Bonchev–Trinajstić information content (AvgIpc) is 3.01. The second-order valence-corrected chi connectivity index (χ2v) is 7.85. The third kappa shape index (κ3) is 4.97. The molecule has 0 fully saturated rings. The summed E-state index contributed by atoms with van der Waals surface area (Å²) in [6.07, 6.45) is 3.71. The Bertz CT molecular complexity index is 830. The minimum absolute atomic E-state index is 0.617. The van der Waals surface area contributed by atoms with E-state index < -0.39 is 0 Å². The van der Waals surface area contributed by atoms with Gasteiger partial charge in [0.05, 0.1) is 23.8 Å². The highest BCUT2D eigenvalue weighted by molar-refractivity contribution is 9.10. The van der Waals surface area contributed by atoms with Crippen molar-refractivity contribution in [3.63, 3.8) is 0 Å². The molecule has 0 spiro atoms. The van der Waals surface area contributed by atoms with Crippen LogP contribution in [0.4, 0.5) is 0 Å². The number of benzene rings is 1. The third-order valence-corrected chi connectivity index (χ3v) is 5.71. The number of rotatable bonds is 7. The fourth-order valence-corrected chi connectivity index (χ4v) is 3.76. The molecular weight excluding hydrogens is 396 g/mol. The van der Waals surface area contributed by atoms with Gasteiger partial charge in [0, 0.05) is 21.9 Å². The van der Waals surface area contributed by atoms with Gasteiger partial charge in [-0.2, -0.15) is 0 Å². The van der Waals surface area contributed by atoms with Crippen LogP contribution in [0, 0.1) is 6.92 Å². The fourth-order valence-electron chi connectivity index (χ4n) is 2.50. The van der Waals surface area contributed by atoms with Crippen LogP contribution in [0.5, 0.6) is 0 Å². The molecule has 25 heavy (non-hydrogen) atoms. The van der Waals surface area contributed by atoms with E-state index in [0.29, 0.717) is 13.2 Å². The van der Waals surface area contributed by atoms with E-state index in [4.69, 9.17) is 9.72 Å². The van der Waals surface area contributed by atoms with Crippen molar-refractivity contribution in [1.29, 1.82) is 0 Å². The molecule has 0 amide bonds. The molecule has 0 aliphatic rings. The maximum atomic E-state index is 5.88. The summed E-state index contributed by atoms with van der Waals surface area (Å²) < 4.78 is 6.98. The molecule has 3 aromatic rings. The molecule has 0 atom stereocenters. The average molecular weight is 417 g/mol. The molecule has 0 radical (unpaired) electrons. The summed E-state index contributed by atoms with van der Waals surface area (Å²) in [6, 6.07) is 12.5. The Morgan fingerprint density at radius 1 is 1.16 bits per heavy atom. The molecule has 0 aliphatic heterocycles. The van der Waals surface area contributed by atoms with Crippen molar-refractivity contribution in [1.82, 2.24) is 9.97 Å². The molecule has 3 rings (SSSR count). The highest BCUT2D eigenvalue weighted by atomic mass is 79.9. The van der Waals surface area contributed by atoms with Crippen LogP contribution in [0.25, 0.3) is 10.6 Å². The predicted molar refractivity (Wildman–Crippen MR) is 107 cm³/mol. The second kappa shape index (κ2) is 8.70. The molecule has 2 aromatic heterocycles. The minimum Gasteiger partial charge on any atom is -0.376 e. The highest BCUT2D eigenvalue weighted by Crippen LogP contribution is 2.28. The van der Waals surface area contributed by atoms with Crippen LogP contribution in [0.3, 0.4) is 0 Å². The second-order valence-electron chi connectivity index (χ2n) is 5.85. The Hall–Kier alpha value is -1.56. The Labute approximate surface area is 161 Å². The summed E-state index contributed by atoms with van der Waals surface area (Å²) >= 11 is 5.17. The first kappa shape index (κ1) is 18.2. The Morgan fingerprint density at radius 3 is 2.72 bits per heavy atom. The predicted octanol–water partition coefficient (Wildman–Crippen LogP) is 5.60. The van der Waals surface area contributed by atoms with Crippen molar-refractivity contribution in [2.45, 2.75) is 33.3 Å². The molecule has 3 nitrogen and oxygen atoms in total. The number of hydrogen-bond donors (Lipinski definition) is 0. The lowest BCUT2D eigenvalue weighted by Crippen LogP contribution is -1.98. The van der Waals surface area contributed by atoms with Crippen LogP contribution in [0.1, 0.15) is 28.8 Å². The van der Waals surface area contributed by atoms with Crippen molar-refractivity contribution in [3.05, 3.63) is 68.9 Å². The van der Waals surface area contributed by atoms with Gasteiger partial charge in [0.25, 0.3) is 0 Å². The summed E-state index contributed by atoms with van der Waals surface area (Å²) in [7, 11) is 0. The van der Waals surface area contributed by atoms with Gasteiger partial charge >= 0.3 is 0 Å². The molecule has 130 valence electrons. The van der Waals surface area contributed by atoms with Crippen molar-refractivity contribution >= 4 is 27.3 Å². The summed E-state index contributed by atoms with van der Waals surface area (Å²) in [5, 5.41) is 1.04. The topological polar surface area (TPSA) is 35.0 Å². The van der Waals surface area contributed by atoms with E-state index in [-0.39, 0.29) is 0 Å². The molecule has 0 saturated heterocycles. The SMILES string of the molecule is CCc1cc(-c2nc(C)c(COCCc3ccc(Br)cc3)s2)ccn1. The first-order valence-electron chi connectivity index (χ1n) is 8.39. The lowest BCUT2D eigenvalue weighted by Gasteiger charge is -2.04. The van der Waals surface area contributed by atoms with Crippen LogP contribution in [0.15, 0.2) is 47.1 Å². The van der Waals surface area contributed by atoms with Crippen molar-refractivity contribution in [3.8, 4) is 10.6 Å². The van der Waals surface area contributed by atoms with Crippen LogP contribution >= 0.6 is 27.3 Å². The van der Waals surface area contributed by atoms with E-state index in [1.165, 1.54) is 10.4 Å². The van der Waals surface area contributed by atoms with Gasteiger partial charge in [0.2, 0.25) is 0 Å². The van der Waals surface area contributed by atoms with Gasteiger partial charge in [-0.1, -0.05) is 35.0 Å². The van der Waals surface area contributed by atoms with Gasteiger partial charge in [0.1, 0.15) is 5.01 Å². The fraction of sp³-hybridized carbons (Fsp3) is 0.300. The molecular formula is C20H21BrN2OS. The van der Waals surface area contributed by atoms with Crippen molar-refractivity contribution in [2.24, 2.45) is 0 Å². The summed E-state index contributed by atoms with van der Waals surface area (Å²) in [6.45, 7) is 5.49. The van der Waals surface area contributed by atoms with Crippen molar-refractivity contribution < 1.29 is 4.74 Å².